The molecule has 0 radical (unpaired) electrons. The molecule has 4 heterocycles. The number of rotatable bonds is 8. The predicted octanol–water partition coefficient (Wildman–Crippen LogP) is 3.94. The molecule has 0 aliphatic carbocycles. The average molecular weight is 485 g/mol. The smallest absolute Gasteiger partial charge is 0.350 e. The van der Waals surface area contributed by atoms with Crippen molar-refractivity contribution in [2.75, 3.05) is 36.5 Å². The standard InChI is InChI=1S/C23H28N6O4S/c1-4-32-20(30)15-8-11-29(12-9-15)18-13-17(16-7-6-10-24-16)26-22(27-18)28-23-25-14(3)19(34-23)21(31)33-5-2/h6-7,10,13,15,24H,4-5,8-9,11-12H2,1-3H3,(H,25,26,27,28). The molecule has 3 aromatic rings. The fourth-order valence-electron chi connectivity index (χ4n) is 3.82. The summed E-state index contributed by atoms with van der Waals surface area (Å²) in [6.07, 6.45) is 3.25. The number of esters is 2. The first kappa shape index (κ1) is 23.7. The molecule has 0 aromatic carbocycles. The van der Waals surface area contributed by atoms with E-state index in [1.807, 2.05) is 31.3 Å². The number of carbonyl (C=O) groups excluding carboxylic acids is 2. The van der Waals surface area contributed by atoms with Gasteiger partial charge in [-0.1, -0.05) is 11.3 Å². The highest BCUT2D eigenvalue weighted by atomic mass is 32.1. The van der Waals surface area contributed by atoms with Gasteiger partial charge in [-0.15, -0.1) is 0 Å². The van der Waals surface area contributed by atoms with E-state index < -0.39 is 5.97 Å². The Labute approximate surface area is 201 Å². The van der Waals surface area contributed by atoms with Crippen LogP contribution < -0.4 is 10.2 Å². The van der Waals surface area contributed by atoms with Gasteiger partial charge in [-0.3, -0.25) is 10.1 Å². The molecule has 1 aliphatic rings. The first-order valence-corrected chi connectivity index (χ1v) is 12.2. The Balaban J connectivity index is 1.57. The third-order valence-corrected chi connectivity index (χ3v) is 6.55. The highest BCUT2D eigenvalue weighted by molar-refractivity contribution is 7.17. The van der Waals surface area contributed by atoms with E-state index in [1.165, 1.54) is 11.3 Å². The van der Waals surface area contributed by atoms with Gasteiger partial charge >= 0.3 is 11.9 Å². The highest BCUT2D eigenvalue weighted by Crippen LogP contribution is 2.30. The monoisotopic (exact) mass is 484 g/mol. The minimum absolute atomic E-state index is 0.0851. The molecule has 0 saturated carbocycles. The number of aromatic nitrogens is 4. The number of hydrogen-bond acceptors (Lipinski definition) is 10. The van der Waals surface area contributed by atoms with Gasteiger partial charge in [0.05, 0.1) is 36.2 Å². The Kier molecular flexibility index (Phi) is 7.41. The Morgan fingerprint density at radius 1 is 1.18 bits per heavy atom. The molecule has 0 unspecified atom stereocenters. The summed E-state index contributed by atoms with van der Waals surface area (Å²) in [7, 11) is 0. The maximum absolute atomic E-state index is 12.2. The van der Waals surface area contributed by atoms with Crippen LogP contribution in [0, 0.1) is 12.8 Å². The Morgan fingerprint density at radius 3 is 2.62 bits per heavy atom. The van der Waals surface area contributed by atoms with Crippen LogP contribution in [0.25, 0.3) is 11.4 Å². The molecule has 1 aliphatic heterocycles. The molecule has 10 nitrogen and oxygen atoms in total. The molecule has 1 saturated heterocycles. The van der Waals surface area contributed by atoms with Gasteiger partial charge in [0, 0.05) is 25.4 Å². The summed E-state index contributed by atoms with van der Waals surface area (Å²) in [5.74, 6) is 0.521. The molecule has 3 aromatic heterocycles. The van der Waals surface area contributed by atoms with Gasteiger partial charge in [0.1, 0.15) is 10.7 Å². The number of piperidine rings is 1. The first-order chi connectivity index (χ1) is 16.5. The molecule has 4 rings (SSSR count). The quantitative estimate of drug-likeness (QED) is 0.458. The molecular weight excluding hydrogens is 456 g/mol. The van der Waals surface area contributed by atoms with Crippen molar-refractivity contribution in [3.8, 4) is 11.4 Å². The fourth-order valence-corrected chi connectivity index (χ4v) is 4.67. The van der Waals surface area contributed by atoms with Crippen molar-refractivity contribution in [3.63, 3.8) is 0 Å². The number of anilines is 3. The normalized spacial score (nSPS) is 14.1. The predicted molar refractivity (Wildman–Crippen MR) is 129 cm³/mol. The number of aromatic amines is 1. The fraction of sp³-hybridized carbons (Fsp3) is 0.435. The first-order valence-electron chi connectivity index (χ1n) is 11.3. The number of H-pyrrole nitrogens is 1. The van der Waals surface area contributed by atoms with Crippen molar-refractivity contribution in [3.05, 3.63) is 35.0 Å². The maximum atomic E-state index is 12.2. The highest BCUT2D eigenvalue weighted by Gasteiger charge is 2.27. The van der Waals surface area contributed by atoms with Crippen molar-refractivity contribution < 1.29 is 19.1 Å². The molecule has 34 heavy (non-hydrogen) atoms. The van der Waals surface area contributed by atoms with E-state index in [4.69, 9.17) is 14.5 Å². The number of ether oxygens (including phenoxy) is 2. The minimum Gasteiger partial charge on any atom is -0.466 e. The molecular formula is C23H28N6O4S. The second-order valence-corrected chi connectivity index (χ2v) is 8.81. The van der Waals surface area contributed by atoms with Crippen LogP contribution in [0.3, 0.4) is 0 Å². The lowest BCUT2D eigenvalue weighted by Gasteiger charge is -2.32. The van der Waals surface area contributed by atoms with Crippen LogP contribution in [0.5, 0.6) is 0 Å². The van der Waals surface area contributed by atoms with Crippen LogP contribution in [0.15, 0.2) is 24.4 Å². The van der Waals surface area contributed by atoms with Crippen molar-refractivity contribution in [1.29, 1.82) is 0 Å². The van der Waals surface area contributed by atoms with Crippen molar-refractivity contribution in [1.82, 2.24) is 19.9 Å². The number of nitrogens with one attached hydrogen (secondary N) is 2. The van der Waals surface area contributed by atoms with E-state index in [1.54, 1.807) is 13.8 Å². The van der Waals surface area contributed by atoms with Crippen molar-refractivity contribution in [2.24, 2.45) is 5.92 Å². The Morgan fingerprint density at radius 2 is 1.94 bits per heavy atom. The third kappa shape index (κ3) is 5.36. The molecule has 11 heteroatoms. The molecule has 1 fully saturated rings. The van der Waals surface area contributed by atoms with Crippen molar-refractivity contribution in [2.45, 2.75) is 33.6 Å². The van der Waals surface area contributed by atoms with Crippen LogP contribution in [-0.2, 0) is 14.3 Å². The molecule has 0 spiro atoms. The van der Waals surface area contributed by atoms with Crippen LogP contribution in [-0.4, -0.2) is 58.2 Å². The summed E-state index contributed by atoms with van der Waals surface area (Å²) in [6.45, 7) is 7.43. The van der Waals surface area contributed by atoms with Gasteiger partial charge in [0.25, 0.3) is 0 Å². The van der Waals surface area contributed by atoms with Gasteiger partial charge in [0.2, 0.25) is 5.95 Å². The van der Waals surface area contributed by atoms with Crippen molar-refractivity contribution >= 4 is 40.2 Å². The van der Waals surface area contributed by atoms with Crippen LogP contribution >= 0.6 is 11.3 Å². The molecule has 2 N–H and O–H groups in total. The summed E-state index contributed by atoms with van der Waals surface area (Å²) in [5, 5.41) is 3.66. The number of nitrogens with zero attached hydrogens (tertiary/aromatic N) is 4. The average Bonchev–Trinajstić information content (AvgIpc) is 3.49. The number of hydrogen-bond donors (Lipinski definition) is 2. The van der Waals surface area contributed by atoms with Gasteiger partial charge in [-0.2, -0.15) is 4.98 Å². The van der Waals surface area contributed by atoms with Gasteiger partial charge in [-0.05, 0) is 45.7 Å². The number of thiazole rings is 1. The summed E-state index contributed by atoms with van der Waals surface area (Å²) in [6, 6.07) is 5.78. The zero-order valence-corrected chi connectivity index (χ0v) is 20.3. The van der Waals surface area contributed by atoms with Crippen LogP contribution in [0.2, 0.25) is 0 Å². The second-order valence-electron chi connectivity index (χ2n) is 7.81. The van der Waals surface area contributed by atoms with E-state index in [9.17, 15) is 9.59 Å². The lowest BCUT2D eigenvalue weighted by molar-refractivity contribution is -0.148. The zero-order chi connectivity index (χ0) is 24.1. The maximum Gasteiger partial charge on any atom is 0.350 e. The van der Waals surface area contributed by atoms with E-state index in [0.29, 0.717) is 60.8 Å². The summed E-state index contributed by atoms with van der Waals surface area (Å²) in [5.41, 5.74) is 2.17. The topological polar surface area (TPSA) is 122 Å². The Bertz CT molecular complexity index is 1140. The van der Waals surface area contributed by atoms with Crippen LogP contribution in [0.1, 0.15) is 42.1 Å². The lowest BCUT2D eigenvalue weighted by Crippen LogP contribution is -2.37. The van der Waals surface area contributed by atoms with Crippen LogP contribution in [0.4, 0.5) is 16.9 Å². The van der Waals surface area contributed by atoms with Gasteiger partial charge < -0.3 is 19.4 Å². The number of carbonyl (C=O) groups is 2. The van der Waals surface area contributed by atoms with E-state index in [0.717, 1.165) is 17.2 Å². The van der Waals surface area contributed by atoms with E-state index in [-0.39, 0.29) is 11.9 Å². The van der Waals surface area contributed by atoms with Gasteiger partial charge in [0.15, 0.2) is 5.13 Å². The molecule has 0 atom stereocenters. The molecule has 0 amide bonds. The molecule has 0 bridgehead atoms. The van der Waals surface area contributed by atoms with Gasteiger partial charge in [-0.25, -0.2) is 14.8 Å². The summed E-state index contributed by atoms with van der Waals surface area (Å²) < 4.78 is 10.3. The number of aryl methyl sites for hydroxylation is 1. The summed E-state index contributed by atoms with van der Waals surface area (Å²) >= 11 is 1.21. The van der Waals surface area contributed by atoms with E-state index >= 15 is 0 Å². The SMILES string of the molecule is CCOC(=O)c1sc(Nc2nc(-c3ccc[nH]3)cc(N3CCC(C(=O)OCC)CC3)n2)nc1C. The largest absolute Gasteiger partial charge is 0.466 e. The lowest BCUT2D eigenvalue weighted by atomic mass is 9.97. The third-order valence-electron chi connectivity index (χ3n) is 5.50. The Hall–Kier alpha value is -3.47. The second kappa shape index (κ2) is 10.6. The summed E-state index contributed by atoms with van der Waals surface area (Å²) in [4.78, 5) is 43.9. The van der Waals surface area contributed by atoms with E-state index in [2.05, 4.69) is 25.2 Å². The molecule has 180 valence electrons. The minimum atomic E-state index is -0.392. The zero-order valence-electron chi connectivity index (χ0n) is 19.5.